The maximum absolute atomic E-state index is 13.9. The number of hydrogen-bond donors (Lipinski definition) is 1. The van der Waals surface area contributed by atoms with Gasteiger partial charge in [0.2, 0.25) is 0 Å². The number of benzene rings is 1. The number of aromatic nitrogens is 3. The molecular formula is C17H15FN4O2. The number of pyridine rings is 1. The zero-order valence-corrected chi connectivity index (χ0v) is 13.0. The second kappa shape index (κ2) is 5.30. The van der Waals surface area contributed by atoms with Crippen LogP contribution in [0.4, 0.5) is 10.2 Å². The van der Waals surface area contributed by atoms with Crippen molar-refractivity contribution in [2.75, 3.05) is 12.8 Å². The molecule has 1 fully saturated rings. The number of nitrogens with two attached hydrogens (primary N) is 1. The van der Waals surface area contributed by atoms with Crippen LogP contribution in [0.2, 0.25) is 0 Å². The maximum atomic E-state index is 13.9. The molecule has 3 aromatic rings. The van der Waals surface area contributed by atoms with Crippen molar-refractivity contribution in [2.45, 2.75) is 18.8 Å². The number of ether oxygens (including phenoxy) is 1. The molecule has 4 rings (SSSR count). The molecule has 7 heteroatoms. The van der Waals surface area contributed by atoms with E-state index in [4.69, 9.17) is 10.5 Å². The molecule has 0 atom stereocenters. The molecular weight excluding hydrogens is 311 g/mol. The lowest BCUT2D eigenvalue weighted by atomic mass is 10.1. The highest BCUT2D eigenvalue weighted by atomic mass is 19.1. The summed E-state index contributed by atoms with van der Waals surface area (Å²) in [6, 6.07) is 7.90. The summed E-state index contributed by atoms with van der Waals surface area (Å²) in [6.45, 7) is 0. The topological polar surface area (TPSA) is 83.0 Å². The Balaban J connectivity index is 1.88. The van der Waals surface area contributed by atoms with E-state index in [0.29, 0.717) is 17.0 Å². The van der Waals surface area contributed by atoms with Crippen molar-refractivity contribution >= 4 is 22.8 Å². The Labute approximate surface area is 137 Å². The third-order valence-electron chi connectivity index (χ3n) is 4.17. The molecule has 122 valence electrons. The molecule has 0 radical (unpaired) electrons. The van der Waals surface area contributed by atoms with Gasteiger partial charge < -0.3 is 10.5 Å². The summed E-state index contributed by atoms with van der Waals surface area (Å²) in [7, 11) is 1.31. The summed E-state index contributed by atoms with van der Waals surface area (Å²) in [4.78, 5) is 17.4. The van der Waals surface area contributed by atoms with Crippen LogP contribution >= 0.6 is 0 Å². The van der Waals surface area contributed by atoms with Crippen LogP contribution in [-0.4, -0.2) is 27.8 Å². The fourth-order valence-corrected chi connectivity index (χ4v) is 2.78. The number of anilines is 1. The van der Waals surface area contributed by atoms with Gasteiger partial charge in [0.25, 0.3) is 5.91 Å². The quantitative estimate of drug-likeness (QED) is 0.800. The standard InChI is InChI=1S/C17H15FN4O2/c1-24-14-10(3-2-4-12(14)18)17(23)22-16-11(15(19)21-22)7-8-13(20-16)9-5-6-9/h2-4,7-9H,5-6H2,1H3,(H2,19,21). The molecule has 24 heavy (non-hydrogen) atoms. The van der Waals surface area contributed by atoms with E-state index in [9.17, 15) is 9.18 Å². The number of nitrogen functional groups attached to an aromatic ring is 1. The normalized spacial score (nSPS) is 14.1. The van der Waals surface area contributed by atoms with Crippen LogP contribution in [0.3, 0.4) is 0 Å². The molecule has 1 aromatic carbocycles. The number of fused-ring (bicyclic) bond motifs is 1. The van der Waals surface area contributed by atoms with Gasteiger partial charge in [0.15, 0.2) is 23.0 Å². The summed E-state index contributed by atoms with van der Waals surface area (Å²) in [5, 5.41) is 4.70. The Bertz CT molecular complexity index is 963. The lowest BCUT2D eigenvalue weighted by Gasteiger charge is -2.08. The van der Waals surface area contributed by atoms with Crippen molar-refractivity contribution < 1.29 is 13.9 Å². The number of para-hydroxylation sites is 1. The number of hydrogen-bond acceptors (Lipinski definition) is 5. The summed E-state index contributed by atoms with van der Waals surface area (Å²) in [5.74, 6) is -0.627. The predicted molar refractivity (Wildman–Crippen MR) is 86.6 cm³/mol. The SMILES string of the molecule is COc1c(F)cccc1C(=O)n1nc(N)c2ccc(C3CC3)nc21. The molecule has 0 unspecified atom stereocenters. The lowest BCUT2D eigenvalue weighted by molar-refractivity contribution is 0.0946. The lowest BCUT2D eigenvalue weighted by Crippen LogP contribution is -2.16. The largest absolute Gasteiger partial charge is 0.493 e. The third kappa shape index (κ3) is 2.20. The Morgan fingerprint density at radius 1 is 1.33 bits per heavy atom. The zero-order valence-electron chi connectivity index (χ0n) is 13.0. The van der Waals surface area contributed by atoms with Crippen LogP contribution in [0.15, 0.2) is 30.3 Å². The predicted octanol–water partition coefficient (Wildman–Crippen LogP) is 2.73. The summed E-state index contributed by atoms with van der Waals surface area (Å²) in [5.41, 5.74) is 7.28. The molecule has 0 bridgehead atoms. The van der Waals surface area contributed by atoms with Crippen LogP contribution in [0, 0.1) is 5.82 Å². The number of halogens is 1. The van der Waals surface area contributed by atoms with E-state index in [1.54, 1.807) is 0 Å². The van der Waals surface area contributed by atoms with Gasteiger partial charge in [-0.1, -0.05) is 6.07 Å². The fourth-order valence-electron chi connectivity index (χ4n) is 2.78. The molecule has 0 aliphatic heterocycles. The van der Waals surface area contributed by atoms with Crippen molar-refractivity contribution in [1.82, 2.24) is 14.8 Å². The van der Waals surface area contributed by atoms with Crippen LogP contribution in [0.25, 0.3) is 11.0 Å². The van der Waals surface area contributed by atoms with E-state index in [1.807, 2.05) is 12.1 Å². The highest BCUT2D eigenvalue weighted by molar-refractivity contribution is 6.04. The summed E-state index contributed by atoms with van der Waals surface area (Å²) in [6.07, 6.45) is 2.18. The molecule has 2 heterocycles. The van der Waals surface area contributed by atoms with Gasteiger partial charge >= 0.3 is 0 Å². The van der Waals surface area contributed by atoms with Crippen LogP contribution in [0.5, 0.6) is 5.75 Å². The molecule has 1 aliphatic rings. The van der Waals surface area contributed by atoms with Crippen molar-refractivity contribution in [1.29, 1.82) is 0 Å². The minimum absolute atomic E-state index is 0.0699. The summed E-state index contributed by atoms with van der Waals surface area (Å²) < 4.78 is 20.0. The molecule has 6 nitrogen and oxygen atoms in total. The maximum Gasteiger partial charge on any atom is 0.284 e. The first-order chi connectivity index (χ1) is 11.6. The second-order valence-corrected chi connectivity index (χ2v) is 5.80. The van der Waals surface area contributed by atoms with Crippen LogP contribution in [0.1, 0.15) is 34.8 Å². The van der Waals surface area contributed by atoms with Gasteiger partial charge in [-0.15, -0.1) is 5.10 Å². The van der Waals surface area contributed by atoms with Gasteiger partial charge in [-0.05, 0) is 37.1 Å². The van der Waals surface area contributed by atoms with E-state index in [0.717, 1.165) is 23.2 Å². The average Bonchev–Trinajstić information content (AvgIpc) is 3.38. The number of methoxy groups -OCH3 is 1. The highest BCUT2D eigenvalue weighted by Crippen LogP contribution is 2.39. The molecule has 0 saturated heterocycles. The van der Waals surface area contributed by atoms with Gasteiger partial charge in [0, 0.05) is 11.6 Å². The minimum atomic E-state index is -0.612. The smallest absolute Gasteiger partial charge is 0.284 e. The molecule has 1 saturated carbocycles. The number of nitrogens with zero attached hydrogens (tertiary/aromatic N) is 3. The number of carbonyl (C=O) groups excluding carboxylic acids is 1. The van der Waals surface area contributed by atoms with Crippen LogP contribution in [-0.2, 0) is 0 Å². The Morgan fingerprint density at radius 3 is 2.83 bits per heavy atom. The third-order valence-corrected chi connectivity index (χ3v) is 4.17. The Kier molecular flexibility index (Phi) is 3.23. The molecule has 0 amide bonds. The van der Waals surface area contributed by atoms with E-state index < -0.39 is 11.7 Å². The average molecular weight is 326 g/mol. The molecule has 2 aromatic heterocycles. The van der Waals surface area contributed by atoms with Crippen molar-refractivity contribution in [3.63, 3.8) is 0 Å². The Hall–Kier alpha value is -2.96. The van der Waals surface area contributed by atoms with Gasteiger partial charge in [0.1, 0.15) is 0 Å². The number of carbonyl (C=O) groups is 1. The highest BCUT2D eigenvalue weighted by Gasteiger charge is 2.27. The number of rotatable bonds is 3. The first-order valence-electron chi connectivity index (χ1n) is 7.62. The second-order valence-electron chi connectivity index (χ2n) is 5.80. The van der Waals surface area contributed by atoms with E-state index >= 15 is 0 Å². The van der Waals surface area contributed by atoms with Gasteiger partial charge in [-0.25, -0.2) is 9.37 Å². The monoisotopic (exact) mass is 326 g/mol. The van der Waals surface area contributed by atoms with E-state index in [-0.39, 0.29) is 17.1 Å². The molecule has 0 spiro atoms. The van der Waals surface area contributed by atoms with Gasteiger partial charge in [-0.3, -0.25) is 4.79 Å². The van der Waals surface area contributed by atoms with E-state index in [2.05, 4.69) is 10.1 Å². The molecule has 1 aliphatic carbocycles. The van der Waals surface area contributed by atoms with Crippen molar-refractivity contribution in [2.24, 2.45) is 0 Å². The van der Waals surface area contributed by atoms with E-state index in [1.165, 1.54) is 25.3 Å². The van der Waals surface area contributed by atoms with Gasteiger partial charge in [0.05, 0.1) is 18.1 Å². The van der Waals surface area contributed by atoms with Gasteiger partial charge in [-0.2, -0.15) is 4.68 Å². The minimum Gasteiger partial charge on any atom is -0.493 e. The first kappa shape index (κ1) is 14.6. The zero-order chi connectivity index (χ0) is 16.8. The van der Waals surface area contributed by atoms with Crippen molar-refractivity contribution in [3.05, 3.63) is 47.4 Å². The summed E-state index contributed by atoms with van der Waals surface area (Å²) >= 11 is 0. The van der Waals surface area contributed by atoms with Crippen LogP contribution < -0.4 is 10.5 Å². The van der Waals surface area contributed by atoms with Crippen molar-refractivity contribution in [3.8, 4) is 5.75 Å². The fraction of sp³-hybridized carbons (Fsp3) is 0.235. The molecule has 2 N–H and O–H groups in total. The first-order valence-corrected chi connectivity index (χ1v) is 7.62. The Morgan fingerprint density at radius 2 is 2.12 bits per heavy atom.